The van der Waals surface area contributed by atoms with Crippen molar-refractivity contribution < 1.29 is 9.53 Å². The van der Waals surface area contributed by atoms with Crippen LogP contribution in [0.2, 0.25) is 0 Å². The third-order valence-corrected chi connectivity index (χ3v) is 5.67. The second-order valence-electron chi connectivity index (χ2n) is 8.76. The molecule has 2 heterocycles. The maximum absolute atomic E-state index is 13.1. The monoisotopic (exact) mass is 461 g/mol. The van der Waals surface area contributed by atoms with Crippen LogP contribution in [0.1, 0.15) is 38.6 Å². The summed E-state index contributed by atoms with van der Waals surface area (Å²) in [4.78, 5) is 25.5. The van der Waals surface area contributed by atoms with Crippen LogP contribution >= 0.6 is 0 Å². The molecule has 0 spiro atoms. The number of hydrogen-bond donors (Lipinski definition) is 1. The molecule has 0 saturated heterocycles. The first-order valence-corrected chi connectivity index (χ1v) is 11.8. The van der Waals surface area contributed by atoms with Gasteiger partial charge in [0.25, 0.3) is 5.56 Å². The molecule has 0 aliphatic carbocycles. The highest BCUT2D eigenvalue weighted by molar-refractivity contribution is 5.80. The van der Waals surface area contributed by atoms with Crippen molar-refractivity contribution in [3.63, 3.8) is 0 Å². The molecule has 0 fully saturated rings. The van der Waals surface area contributed by atoms with Gasteiger partial charge >= 0.3 is 0 Å². The lowest BCUT2D eigenvalue weighted by atomic mass is 10.1. The van der Waals surface area contributed by atoms with Crippen LogP contribution in [0.15, 0.2) is 53.3 Å². The van der Waals surface area contributed by atoms with Gasteiger partial charge in [-0.25, -0.2) is 0 Å². The minimum absolute atomic E-state index is 0.0394. The van der Waals surface area contributed by atoms with Crippen LogP contribution in [0.4, 0.5) is 0 Å². The van der Waals surface area contributed by atoms with Gasteiger partial charge in [0.05, 0.1) is 17.5 Å². The molecule has 0 radical (unpaired) electrons. The van der Waals surface area contributed by atoms with Gasteiger partial charge in [0.15, 0.2) is 0 Å². The van der Waals surface area contributed by atoms with Crippen LogP contribution in [0, 0.1) is 5.92 Å². The fourth-order valence-corrected chi connectivity index (χ4v) is 4.08. The molecule has 4 rings (SSSR count). The number of amides is 1. The smallest absolute Gasteiger partial charge is 0.262 e. The molecule has 8 nitrogen and oxygen atoms in total. The third-order valence-electron chi connectivity index (χ3n) is 5.67. The highest BCUT2D eigenvalue weighted by Crippen LogP contribution is 2.16. The molecule has 1 N–H and O–H groups in total. The first-order chi connectivity index (χ1) is 16.5. The zero-order chi connectivity index (χ0) is 24.1. The molecule has 178 valence electrons. The second kappa shape index (κ2) is 10.5. The minimum Gasteiger partial charge on any atom is -0.494 e. The van der Waals surface area contributed by atoms with Crippen molar-refractivity contribution in [1.29, 1.82) is 0 Å². The average Bonchev–Trinajstić information content (AvgIpc) is 3.26. The lowest BCUT2D eigenvalue weighted by molar-refractivity contribution is -0.121. The molecule has 8 heteroatoms. The number of ether oxygens (including phenoxy) is 1. The summed E-state index contributed by atoms with van der Waals surface area (Å²) in [6.45, 7) is 7.84. The van der Waals surface area contributed by atoms with Crippen LogP contribution in [0.3, 0.4) is 0 Å². The van der Waals surface area contributed by atoms with E-state index in [1.807, 2.05) is 59.9 Å². The van der Waals surface area contributed by atoms with Crippen molar-refractivity contribution >= 4 is 22.6 Å². The van der Waals surface area contributed by atoms with Gasteiger partial charge in [-0.05, 0) is 49.1 Å². The SMILES string of the molecule is CCOc1ccc(CCNC(=O)CCc2nnc3n(CC(C)C)c(=O)c4ccccc4n23)cc1. The number of carbonyl (C=O) groups is 1. The van der Waals surface area contributed by atoms with E-state index in [0.717, 1.165) is 23.3 Å². The van der Waals surface area contributed by atoms with E-state index in [1.54, 1.807) is 4.57 Å². The second-order valence-corrected chi connectivity index (χ2v) is 8.76. The molecule has 0 unspecified atom stereocenters. The number of rotatable bonds is 10. The number of nitrogens with one attached hydrogen (secondary N) is 1. The van der Waals surface area contributed by atoms with Crippen molar-refractivity contribution in [2.24, 2.45) is 5.92 Å². The predicted molar refractivity (Wildman–Crippen MR) is 132 cm³/mol. The fraction of sp³-hybridized carbons (Fsp3) is 0.385. The van der Waals surface area contributed by atoms with Crippen molar-refractivity contribution in [1.82, 2.24) is 24.5 Å². The van der Waals surface area contributed by atoms with Gasteiger partial charge in [-0.2, -0.15) is 0 Å². The quantitative estimate of drug-likeness (QED) is 0.391. The average molecular weight is 462 g/mol. The molecule has 0 atom stereocenters. The van der Waals surface area contributed by atoms with E-state index >= 15 is 0 Å². The lowest BCUT2D eigenvalue weighted by Gasteiger charge is -2.13. The third kappa shape index (κ3) is 5.11. The van der Waals surface area contributed by atoms with Crippen LogP contribution in [0.5, 0.6) is 5.75 Å². The summed E-state index contributed by atoms with van der Waals surface area (Å²) in [6.07, 6.45) is 1.47. The number of benzene rings is 2. The number of aryl methyl sites for hydroxylation is 1. The number of carbonyl (C=O) groups excluding carboxylic acids is 1. The Bertz CT molecular complexity index is 1340. The number of fused-ring (bicyclic) bond motifs is 3. The van der Waals surface area contributed by atoms with Gasteiger partial charge in [0, 0.05) is 25.9 Å². The van der Waals surface area contributed by atoms with E-state index in [2.05, 4.69) is 29.4 Å². The first kappa shape index (κ1) is 23.5. The summed E-state index contributed by atoms with van der Waals surface area (Å²) in [5, 5.41) is 12.3. The first-order valence-electron chi connectivity index (χ1n) is 11.8. The largest absolute Gasteiger partial charge is 0.494 e. The van der Waals surface area contributed by atoms with Crippen molar-refractivity contribution in [2.75, 3.05) is 13.2 Å². The number of para-hydroxylation sites is 1. The van der Waals surface area contributed by atoms with Crippen LogP contribution in [-0.2, 0) is 24.2 Å². The van der Waals surface area contributed by atoms with Crippen molar-refractivity contribution in [3.05, 3.63) is 70.3 Å². The fourth-order valence-electron chi connectivity index (χ4n) is 4.08. The predicted octanol–water partition coefficient (Wildman–Crippen LogP) is 3.39. The van der Waals surface area contributed by atoms with Crippen LogP contribution in [-0.4, -0.2) is 38.2 Å². The van der Waals surface area contributed by atoms with Gasteiger partial charge in [-0.3, -0.25) is 18.6 Å². The number of hydrogen-bond acceptors (Lipinski definition) is 5. The molecular formula is C26H31N5O3. The summed E-state index contributed by atoms with van der Waals surface area (Å²) in [6, 6.07) is 15.4. The van der Waals surface area contributed by atoms with E-state index in [4.69, 9.17) is 4.74 Å². The number of nitrogens with zero attached hydrogens (tertiary/aromatic N) is 4. The van der Waals surface area contributed by atoms with Crippen LogP contribution < -0.4 is 15.6 Å². The van der Waals surface area contributed by atoms with Crippen molar-refractivity contribution in [3.8, 4) is 5.75 Å². The Kier molecular flexibility index (Phi) is 7.25. The zero-order valence-corrected chi connectivity index (χ0v) is 20.0. The Morgan fingerprint density at radius 3 is 2.56 bits per heavy atom. The van der Waals surface area contributed by atoms with Gasteiger partial charge < -0.3 is 10.1 Å². The van der Waals surface area contributed by atoms with Gasteiger partial charge in [-0.15, -0.1) is 10.2 Å². The summed E-state index contributed by atoms with van der Waals surface area (Å²) in [5.41, 5.74) is 1.84. The van der Waals surface area contributed by atoms with Gasteiger partial charge in [-0.1, -0.05) is 38.1 Å². The summed E-state index contributed by atoms with van der Waals surface area (Å²) in [7, 11) is 0. The molecular weight excluding hydrogens is 430 g/mol. The maximum atomic E-state index is 13.1. The van der Waals surface area contributed by atoms with Gasteiger partial charge in [0.1, 0.15) is 11.6 Å². The normalized spacial score (nSPS) is 11.4. The number of aromatic nitrogens is 4. The van der Waals surface area contributed by atoms with Gasteiger partial charge in [0.2, 0.25) is 11.7 Å². The minimum atomic E-state index is -0.0669. The zero-order valence-electron chi connectivity index (χ0n) is 20.0. The van der Waals surface area contributed by atoms with E-state index < -0.39 is 0 Å². The van der Waals surface area contributed by atoms with E-state index in [-0.39, 0.29) is 17.4 Å². The molecule has 2 aromatic heterocycles. The molecule has 0 aliphatic rings. The Morgan fingerprint density at radius 2 is 1.82 bits per heavy atom. The summed E-state index contributed by atoms with van der Waals surface area (Å²) in [5.74, 6) is 2.28. The molecule has 1 amide bonds. The van der Waals surface area contributed by atoms with E-state index in [1.165, 1.54) is 0 Å². The highest BCUT2D eigenvalue weighted by Gasteiger charge is 2.17. The molecule has 34 heavy (non-hydrogen) atoms. The highest BCUT2D eigenvalue weighted by atomic mass is 16.5. The Labute approximate surface area is 198 Å². The molecule has 0 bridgehead atoms. The van der Waals surface area contributed by atoms with Crippen LogP contribution in [0.25, 0.3) is 16.7 Å². The summed E-state index contributed by atoms with van der Waals surface area (Å²) >= 11 is 0. The van der Waals surface area contributed by atoms with Crippen molar-refractivity contribution in [2.45, 2.75) is 46.6 Å². The molecule has 4 aromatic rings. The summed E-state index contributed by atoms with van der Waals surface area (Å²) < 4.78 is 9.05. The maximum Gasteiger partial charge on any atom is 0.262 e. The topological polar surface area (TPSA) is 90.5 Å². The molecule has 2 aromatic carbocycles. The van der Waals surface area contributed by atoms with E-state index in [0.29, 0.717) is 49.5 Å². The molecule has 0 aliphatic heterocycles. The Hall–Kier alpha value is -3.68. The molecule has 0 saturated carbocycles. The standard InChI is InChI=1S/C26H31N5O3/c1-4-34-20-11-9-19(10-12-20)15-16-27-24(32)14-13-23-28-29-26-30(17-18(2)3)25(33)21-7-5-6-8-22(21)31(23)26/h5-12,18H,4,13-17H2,1-3H3,(H,27,32). The Balaban J connectivity index is 1.44. The van der Waals surface area contributed by atoms with E-state index in [9.17, 15) is 9.59 Å². The Morgan fingerprint density at radius 1 is 1.06 bits per heavy atom. The lowest BCUT2D eigenvalue weighted by Crippen LogP contribution is -2.27.